The van der Waals surface area contributed by atoms with Gasteiger partial charge in [0.15, 0.2) is 0 Å². The van der Waals surface area contributed by atoms with E-state index in [1.54, 1.807) is 24.3 Å². The lowest BCUT2D eigenvalue weighted by atomic mass is 10.1. The van der Waals surface area contributed by atoms with Crippen LogP contribution in [0.1, 0.15) is 10.4 Å². The predicted molar refractivity (Wildman–Crippen MR) is 56.5 cm³/mol. The van der Waals surface area contributed by atoms with Gasteiger partial charge in [0.1, 0.15) is 11.1 Å². The summed E-state index contributed by atoms with van der Waals surface area (Å²) in [5.74, 6) is -2.18. The maximum atomic E-state index is 11.1. The molecule has 2 aromatic rings. The van der Waals surface area contributed by atoms with Crippen molar-refractivity contribution < 1.29 is 24.5 Å². The fourth-order valence-corrected chi connectivity index (χ4v) is 1.56. The van der Waals surface area contributed by atoms with Crippen LogP contribution < -0.4 is 4.68 Å². The summed E-state index contributed by atoms with van der Waals surface area (Å²) in [4.78, 5) is 21.6. The van der Waals surface area contributed by atoms with E-state index in [2.05, 4.69) is 5.10 Å². The van der Waals surface area contributed by atoms with Gasteiger partial charge in [0, 0.05) is 10.5 Å². The molecule has 86 valence electrons. The average Bonchev–Trinajstić information content (AvgIpc) is 2.27. The third-order valence-corrected chi connectivity index (χ3v) is 2.24. The molecule has 0 saturated carbocycles. The fraction of sp³-hybridized carbons (Fsp3) is 0.0909. The molecular formula is C11H9N2O4+. The van der Waals surface area contributed by atoms with Crippen LogP contribution in [0, 0.1) is 0 Å². The molecule has 17 heavy (non-hydrogen) atoms. The van der Waals surface area contributed by atoms with Crippen LogP contribution >= 0.6 is 0 Å². The van der Waals surface area contributed by atoms with E-state index >= 15 is 0 Å². The molecule has 0 unspecified atom stereocenters. The van der Waals surface area contributed by atoms with Gasteiger partial charge in [-0.2, -0.15) is 0 Å². The van der Waals surface area contributed by atoms with Crippen LogP contribution in [0.15, 0.2) is 30.5 Å². The molecule has 1 heterocycles. The van der Waals surface area contributed by atoms with Crippen molar-refractivity contribution >= 4 is 22.8 Å². The molecular weight excluding hydrogens is 224 g/mol. The van der Waals surface area contributed by atoms with Crippen LogP contribution in [0.25, 0.3) is 10.9 Å². The van der Waals surface area contributed by atoms with Gasteiger partial charge in [-0.25, -0.2) is 9.59 Å². The van der Waals surface area contributed by atoms with E-state index in [4.69, 9.17) is 10.2 Å². The van der Waals surface area contributed by atoms with Crippen molar-refractivity contribution in [2.75, 3.05) is 0 Å². The Morgan fingerprint density at radius 1 is 1.24 bits per heavy atom. The number of rotatable bonds is 3. The lowest BCUT2D eigenvalue weighted by Crippen LogP contribution is -2.42. The van der Waals surface area contributed by atoms with Crippen LogP contribution in [0.3, 0.4) is 0 Å². The quantitative estimate of drug-likeness (QED) is 0.744. The largest absolute Gasteiger partial charge is 0.477 e. The van der Waals surface area contributed by atoms with Gasteiger partial charge in [0.25, 0.3) is 6.54 Å². The molecule has 0 amide bonds. The van der Waals surface area contributed by atoms with E-state index in [1.165, 1.54) is 6.20 Å². The summed E-state index contributed by atoms with van der Waals surface area (Å²) in [5.41, 5.74) is 0.491. The van der Waals surface area contributed by atoms with Crippen LogP contribution in [0.2, 0.25) is 0 Å². The van der Waals surface area contributed by atoms with E-state index in [1.807, 2.05) is 0 Å². The van der Waals surface area contributed by atoms with Gasteiger partial charge >= 0.3 is 11.9 Å². The number of aromatic nitrogens is 2. The number of benzene rings is 1. The minimum atomic E-state index is -1.11. The first kappa shape index (κ1) is 11.0. The summed E-state index contributed by atoms with van der Waals surface area (Å²) in [7, 11) is 0. The molecule has 6 heteroatoms. The van der Waals surface area contributed by atoms with Crippen LogP contribution in [0.4, 0.5) is 0 Å². The summed E-state index contributed by atoms with van der Waals surface area (Å²) in [6, 6.07) is 6.70. The predicted octanol–water partition coefficient (Wildman–Crippen LogP) is 0.305. The van der Waals surface area contributed by atoms with Gasteiger partial charge in [-0.05, 0) is 6.07 Å². The number of hydrogen-bond donors (Lipinski definition) is 2. The smallest absolute Gasteiger partial charge is 0.372 e. The Kier molecular flexibility index (Phi) is 2.70. The Balaban J connectivity index is 2.67. The molecule has 0 spiro atoms. The number of aliphatic carboxylic acids is 1. The summed E-state index contributed by atoms with van der Waals surface area (Å²) in [6.07, 6.45) is 1.22. The standard InChI is InChI=1S/C11H8N2O4/c14-10(15)6-13-5-8(11(16)17)7-3-1-2-4-9(7)12-13/h1-5H,6H2,(H-,14,15,16,17)/p+1. The zero-order chi connectivity index (χ0) is 12.4. The number of aromatic carboxylic acids is 1. The Bertz CT molecular complexity index is 609. The molecule has 0 fully saturated rings. The van der Waals surface area contributed by atoms with Crippen molar-refractivity contribution in [1.29, 1.82) is 0 Å². The Labute approximate surface area is 95.7 Å². The maximum absolute atomic E-state index is 11.1. The van der Waals surface area contributed by atoms with Gasteiger partial charge in [0.2, 0.25) is 6.20 Å². The van der Waals surface area contributed by atoms with Gasteiger partial charge in [-0.15, -0.1) is 0 Å². The monoisotopic (exact) mass is 233 g/mol. The molecule has 0 aliphatic heterocycles. The maximum Gasteiger partial charge on any atom is 0.372 e. The number of fused-ring (bicyclic) bond motifs is 1. The highest BCUT2D eigenvalue weighted by molar-refractivity contribution is 6.01. The number of carboxylic acids is 2. The Morgan fingerprint density at radius 2 is 1.94 bits per heavy atom. The fourth-order valence-electron chi connectivity index (χ4n) is 1.56. The van der Waals surface area contributed by atoms with Crippen LogP contribution in [0.5, 0.6) is 0 Å². The van der Waals surface area contributed by atoms with E-state index in [0.29, 0.717) is 10.9 Å². The Hall–Kier alpha value is -2.50. The van der Waals surface area contributed by atoms with Crippen LogP contribution in [-0.2, 0) is 11.3 Å². The minimum Gasteiger partial charge on any atom is -0.477 e. The zero-order valence-corrected chi connectivity index (χ0v) is 8.70. The minimum absolute atomic E-state index is 0.0388. The lowest BCUT2D eigenvalue weighted by Gasteiger charge is -1.99. The SMILES string of the molecule is O=C(O)C[n+]1cc(C(=O)O)c2ccccc2n1. The molecule has 0 atom stereocenters. The summed E-state index contributed by atoms with van der Waals surface area (Å²) < 4.78 is 1.11. The summed E-state index contributed by atoms with van der Waals surface area (Å²) in [6.45, 7) is -0.370. The first-order valence-corrected chi connectivity index (χ1v) is 4.82. The molecule has 6 nitrogen and oxygen atoms in total. The first-order chi connectivity index (χ1) is 8.08. The van der Waals surface area contributed by atoms with Crippen LogP contribution in [-0.4, -0.2) is 27.3 Å². The van der Waals surface area contributed by atoms with Crippen molar-refractivity contribution in [3.8, 4) is 0 Å². The highest BCUT2D eigenvalue weighted by Gasteiger charge is 2.18. The Morgan fingerprint density at radius 3 is 2.59 bits per heavy atom. The van der Waals surface area contributed by atoms with Crippen molar-refractivity contribution in [3.05, 3.63) is 36.0 Å². The molecule has 2 N–H and O–H groups in total. The molecule has 1 aromatic carbocycles. The van der Waals surface area contributed by atoms with Gasteiger partial charge in [-0.1, -0.05) is 22.9 Å². The third kappa shape index (κ3) is 2.20. The highest BCUT2D eigenvalue weighted by atomic mass is 16.4. The van der Waals surface area contributed by atoms with Crippen molar-refractivity contribution in [2.24, 2.45) is 0 Å². The lowest BCUT2D eigenvalue weighted by molar-refractivity contribution is -0.741. The molecule has 1 aromatic heterocycles. The van der Waals surface area contributed by atoms with Crippen molar-refractivity contribution in [1.82, 2.24) is 5.10 Å². The molecule has 2 rings (SSSR count). The first-order valence-electron chi connectivity index (χ1n) is 4.82. The average molecular weight is 233 g/mol. The summed E-state index contributed by atoms with van der Waals surface area (Å²) in [5, 5.41) is 22.2. The summed E-state index contributed by atoms with van der Waals surface area (Å²) >= 11 is 0. The number of hydrogen-bond acceptors (Lipinski definition) is 3. The van der Waals surface area contributed by atoms with Gasteiger partial charge < -0.3 is 10.2 Å². The molecule has 0 aliphatic rings. The normalized spacial score (nSPS) is 10.4. The second-order valence-corrected chi connectivity index (χ2v) is 3.46. The number of nitrogens with zero attached hydrogens (tertiary/aromatic N) is 2. The second-order valence-electron chi connectivity index (χ2n) is 3.46. The van der Waals surface area contributed by atoms with Crippen molar-refractivity contribution in [3.63, 3.8) is 0 Å². The van der Waals surface area contributed by atoms with E-state index in [9.17, 15) is 9.59 Å². The number of carbonyl (C=O) groups is 2. The third-order valence-electron chi connectivity index (χ3n) is 2.24. The van der Waals surface area contributed by atoms with E-state index in [0.717, 1.165) is 4.68 Å². The molecule has 0 aliphatic carbocycles. The highest BCUT2D eigenvalue weighted by Crippen LogP contribution is 2.13. The molecule has 0 radical (unpaired) electrons. The van der Waals surface area contributed by atoms with Crippen molar-refractivity contribution in [2.45, 2.75) is 6.54 Å². The second kappa shape index (κ2) is 4.17. The molecule has 0 bridgehead atoms. The topological polar surface area (TPSA) is 91.4 Å². The molecule has 0 saturated heterocycles. The van der Waals surface area contributed by atoms with E-state index < -0.39 is 11.9 Å². The number of carboxylic acid groups (broad SMARTS) is 2. The zero-order valence-electron chi connectivity index (χ0n) is 8.70. The van der Waals surface area contributed by atoms with Gasteiger partial charge in [0.05, 0.1) is 0 Å². The van der Waals surface area contributed by atoms with Gasteiger partial charge in [-0.3, -0.25) is 0 Å². The van der Waals surface area contributed by atoms with E-state index in [-0.39, 0.29) is 12.1 Å².